The van der Waals surface area contributed by atoms with Crippen LogP contribution in [0.25, 0.3) is 0 Å². The molecule has 0 bridgehead atoms. The first-order valence-corrected chi connectivity index (χ1v) is 5.52. The van der Waals surface area contributed by atoms with Crippen LogP contribution in [-0.4, -0.2) is 0 Å². The molecule has 0 unspecified atom stereocenters. The monoisotopic (exact) mass is 234 g/mol. The van der Waals surface area contributed by atoms with Crippen molar-refractivity contribution in [2.24, 2.45) is 0 Å². The Labute approximate surface area is 99.7 Å². The molecule has 0 aliphatic carbocycles. The average molecular weight is 235 g/mol. The third kappa shape index (κ3) is 2.61. The molecular formula is C14H12ClF. The third-order valence-corrected chi connectivity index (χ3v) is 2.94. The number of hydrogen-bond donors (Lipinski definition) is 0. The van der Waals surface area contributed by atoms with Crippen LogP contribution in [0.4, 0.5) is 4.39 Å². The van der Waals surface area contributed by atoms with Gasteiger partial charge in [-0.3, -0.25) is 0 Å². The van der Waals surface area contributed by atoms with Crippen molar-refractivity contribution in [3.05, 3.63) is 70.0 Å². The van der Waals surface area contributed by atoms with Gasteiger partial charge in [-0.25, -0.2) is 4.39 Å². The first-order chi connectivity index (χ1) is 7.65. The van der Waals surface area contributed by atoms with E-state index in [0.717, 1.165) is 28.1 Å². The van der Waals surface area contributed by atoms with Gasteiger partial charge < -0.3 is 0 Å². The molecule has 0 spiro atoms. The zero-order valence-electron chi connectivity index (χ0n) is 9.00. The van der Waals surface area contributed by atoms with Gasteiger partial charge in [0.25, 0.3) is 0 Å². The Morgan fingerprint density at radius 3 is 2.50 bits per heavy atom. The van der Waals surface area contributed by atoms with Crippen molar-refractivity contribution in [2.45, 2.75) is 13.3 Å². The van der Waals surface area contributed by atoms with Crippen molar-refractivity contribution in [3.8, 4) is 0 Å². The van der Waals surface area contributed by atoms with E-state index in [1.165, 1.54) is 6.07 Å². The molecule has 0 nitrogen and oxygen atoms in total. The van der Waals surface area contributed by atoms with Gasteiger partial charge in [-0.1, -0.05) is 35.9 Å². The molecule has 2 aromatic carbocycles. The fourth-order valence-electron chi connectivity index (χ4n) is 1.70. The predicted molar refractivity (Wildman–Crippen MR) is 65.4 cm³/mol. The van der Waals surface area contributed by atoms with Gasteiger partial charge in [-0.15, -0.1) is 0 Å². The lowest BCUT2D eigenvalue weighted by Gasteiger charge is -2.04. The molecular weight excluding hydrogens is 223 g/mol. The highest BCUT2D eigenvalue weighted by Crippen LogP contribution is 2.18. The molecule has 0 aliphatic rings. The molecule has 0 heterocycles. The van der Waals surface area contributed by atoms with Gasteiger partial charge in [0.15, 0.2) is 0 Å². The highest BCUT2D eigenvalue weighted by atomic mass is 35.5. The lowest BCUT2D eigenvalue weighted by molar-refractivity contribution is 0.626. The number of benzene rings is 2. The second kappa shape index (κ2) is 4.67. The largest absolute Gasteiger partial charge is 0.207 e. The summed E-state index contributed by atoms with van der Waals surface area (Å²) in [5, 5.41) is 0.767. The summed E-state index contributed by atoms with van der Waals surface area (Å²) >= 11 is 5.95. The van der Waals surface area contributed by atoms with Crippen LogP contribution < -0.4 is 0 Å². The van der Waals surface area contributed by atoms with E-state index in [-0.39, 0.29) is 5.82 Å². The maximum Gasteiger partial charge on any atom is 0.123 e. The smallest absolute Gasteiger partial charge is 0.123 e. The first kappa shape index (κ1) is 11.2. The average Bonchev–Trinajstić information content (AvgIpc) is 2.24. The lowest BCUT2D eigenvalue weighted by atomic mass is 10.0. The van der Waals surface area contributed by atoms with Crippen LogP contribution in [0, 0.1) is 12.7 Å². The van der Waals surface area contributed by atoms with E-state index in [0.29, 0.717) is 0 Å². The van der Waals surface area contributed by atoms with Gasteiger partial charge in [-0.2, -0.15) is 0 Å². The highest BCUT2D eigenvalue weighted by Gasteiger charge is 2.00. The molecule has 0 aliphatic heterocycles. The molecule has 0 N–H and O–H groups in total. The van der Waals surface area contributed by atoms with Crippen LogP contribution in [0.2, 0.25) is 5.02 Å². The van der Waals surface area contributed by atoms with Crippen molar-refractivity contribution in [1.82, 2.24) is 0 Å². The Morgan fingerprint density at radius 1 is 1.06 bits per heavy atom. The van der Waals surface area contributed by atoms with Gasteiger partial charge in [-0.05, 0) is 48.2 Å². The summed E-state index contributed by atoms with van der Waals surface area (Å²) in [6, 6.07) is 12.6. The minimum absolute atomic E-state index is 0.191. The summed E-state index contributed by atoms with van der Waals surface area (Å²) in [5.41, 5.74) is 3.17. The highest BCUT2D eigenvalue weighted by molar-refractivity contribution is 6.31. The minimum Gasteiger partial charge on any atom is -0.207 e. The quantitative estimate of drug-likeness (QED) is 0.724. The van der Waals surface area contributed by atoms with Crippen LogP contribution in [0.5, 0.6) is 0 Å². The SMILES string of the molecule is Cc1cc(Cc2cccc(F)c2)ccc1Cl. The summed E-state index contributed by atoms with van der Waals surface area (Å²) in [6.45, 7) is 1.97. The summed E-state index contributed by atoms with van der Waals surface area (Å²) in [6.07, 6.45) is 0.732. The van der Waals surface area contributed by atoms with E-state index in [2.05, 4.69) is 0 Å². The maximum atomic E-state index is 13.0. The Bertz CT molecular complexity index is 506. The topological polar surface area (TPSA) is 0 Å². The molecule has 0 fully saturated rings. The predicted octanol–water partition coefficient (Wildman–Crippen LogP) is 4.38. The normalized spacial score (nSPS) is 10.4. The van der Waals surface area contributed by atoms with Crippen LogP contribution in [0.1, 0.15) is 16.7 Å². The molecule has 0 saturated heterocycles. The van der Waals surface area contributed by atoms with Crippen LogP contribution >= 0.6 is 11.6 Å². The summed E-state index contributed by atoms with van der Waals surface area (Å²) < 4.78 is 13.0. The second-order valence-electron chi connectivity index (χ2n) is 3.89. The van der Waals surface area contributed by atoms with Crippen molar-refractivity contribution >= 4 is 11.6 Å². The van der Waals surface area contributed by atoms with Gasteiger partial charge in [0.1, 0.15) is 5.82 Å². The third-order valence-electron chi connectivity index (χ3n) is 2.52. The second-order valence-corrected chi connectivity index (χ2v) is 4.30. The van der Waals surface area contributed by atoms with E-state index in [4.69, 9.17) is 11.6 Å². The van der Waals surface area contributed by atoms with Gasteiger partial charge in [0.2, 0.25) is 0 Å². The lowest BCUT2D eigenvalue weighted by Crippen LogP contribution is -1.90. The van der Waals surface area contributed by atoms with Gasteiger partial charge in [0, 0.05) is 5.02 Å². The fourth-order valence-corrected chi connectivity index (χ4v) is 1.82. The molecule has 2 heteroatoms. The molecule has 0 amide bonds. The van der Waals surface area contributed by atoms with Gasteiger partial charge >= 0.3 is 0 Å². The number of hydrogen-bond acceptors (Lipinski definition) is 0. The first-order valence-electron chi connectivity index (χ1n) is 5.14. The van der Waals surface area contributed by atoms with Crippen molar-refractivity contribution in [3.63, 3.8) is 0 Å². The van der Waals surface area contributed by atoms with Crippen molar-refractivity contribution in [2.75, 3.05) is 0 Å². The Hall–Kier alpha value is -1.34. The van der Waals surface area contributed by atoms with Crippen molar-refractivity contribution in [1.29, 1.82) is 0 Å². The van der Waals surface area contributed by atoms with E-state index >= 15 is 0 Å². The summed E-state index contributed by atoms with van der Waals surface area (Å²) in [7, 11) is 0. The maximum absolute atomic E-state index is 13.0. The van der Waals surface area contributed by atoms with E-state index < -0.39 is 0 Å². The summed E-state index contributed by atoms with van der Waals surface area (Å²) in [5.74, 6) is -0.191. The van der Waals surface area contributed by atoms with Crippen LogP contribution in [0.15, 0.2) is 42.5 Å². The van der Waals surface area contributed by atoms with Crippen molar-refractivity contribution < 1.29 is 4.39 Å². The zero-order valence-corrected chi connectivity index (χ0v) is 9.76. The Kier molecular flexibility index (Phi) is 3.25. The molecule has 0 aromatic heterocycles. The number of aryl methyl sites for hydroxylation is 1. The zero-order chi connectivity index (χ0) is 11.5. The standard InChI is InChI=1S/C14H12ClF/c1-10-7-12(5-6-14(10)15)8-11-3-2-4-13(16)9-11/h2-7,9H,8H2,1H3. The molecule has 82 valence electrons. The van der Waals surface area contributed by atoms with Gasteiger partial charge in [0.05, 0.1) is 0 Å². The number of rotatable bonds is 2. The molecule has 0 atom stereocenters. The molecule has 2 aromatic rings. The number of halogens is 2. The van der Waals surface area contributed by atoms with Crippen LogP contribution in [0.3, 0.4) is 0 Å². The van der Waals surface area contributed by atoms with E-state index in [1.807, 2.05) is 31.2 Å². The fraction of sp³-hybridized carbons (Fsp3) is 0.143. The van der Waals surface area contributed by atoms with Crippen LogP contribution in [-0.2, 0) is 6.42 Å². The van der Waals surface area contributed by atoms with E-state index in [9.17, 15) is 4.39 Å². The van der Waals surface area contributed by atoms with E-state index in [1.54, 1.807) is 12.1 Å². The molecule has 16 heavy (non-hydrogen) atoms. The minimum atomic E-state index is -0.191. The summed E-state index contributed by atoms with van der Waals surface area (Å²) in [4.78, 5) is 0. The Morgan fingerprint density at radius 2 is 1.81 bits per heavy atom. The molecule has 0 radical (unpaired) electrons. The molecule has 2 rings (SSSR count). The molecule has 0 saturated carbocycles. The Balaban J connectivity index is 2.24.